The summed E-state index contributed by atoms with van der Waals surface area (Å²) in [4.78, 5) is 31.5. The van der Waals surface area contributed by atoms with Gasteiger partial charge in [-0.1, -0.05) is 18.2 Å². The molecule has 3 fully saturated rings. The molecule has 0 bridgehead atoms. The summed E-state index contributed by atoms with van der Waals surface area (Å²) in [7, 11) is 0. The third-order valence-corrected chi connectivity index (χ3v) is 6.28. The molecular weight excluding hydrogens is 340 g/mol. The standard InChI is InChI=1S/C21H30N4O2/c26-20(7-6-17-8-10-22-16-17)24-14-12-23(13-15-24)19-9-11-25(21(19)27)18-4-2-1-3-5-18/h1-5,17,19,22H,6-16H2. The molecule has 1 aromatic carbocycles. The number of anilines is 1. The molecule has 1 N–H and O–H groups in total. The fourth-order valence-corrected chi connectivity index (χ4v) is 4.60. The van der Waals surface area contributed by atoms with Crippen LogP contribution in [0.5, 0.6) is 0 Å². The van der Waals surface area contributed by atoms with Gasteiger partial charge in [-0.25, -0.2) is 0 Å². The summed E-state index contributed by atoms with van der Waals surface area (Å²) in [5.41, 5.74) is 0.986. The van der Waals surface area contributed by atoms with Crippen molar-refractivity contribution in [2.24, 2.45) is 5.92 Å². The normalized spacial score (nSPS) is 26.7. The van der Waals surface area contributed by atoms with Gasteiger partial charge in [0, 0.05) is 44.8 Å². The molecule has 2 amide bonds. The molecule has 3 aliphatic rings. The predicted octanol–water partition coefficient (Wildman–Crippen LogP) is 1.33. The molecular formula is C21H30N4O2. The monoisotopic (exact) mass is 370 g/mol. The summed E-state index contributed by atoms with van der Waals surface area (Å²) in [6, 6.07) is 9.88. The molecule has 6 heteroatoms. The molecule has 2 atom stereocenters. The number of amides is 2. The number of carbonyl (C=O) groups is 2. The topological polar surface area (TPSA) is 55.9 Å². The van der Waals surface area contributed by atoms with E-state index in [9.17, 15) is 9.59 Å². The molecule has 3 aliphatic heterocycles. The quantitative estimate of drug-likeness (QED) is 0.850. The van der Waals surface area contributed by atoms with Crippen LogP contribution in [-0.2, 0) is 9.59 Å². The number of rotatable bonds is 5. The second kappa shape index (κ2) is 8.40. The van der Waals surface area contributed by atoms with E-state index in [1.165, 1.54) is 6.42 Å². The van der Waals surface area contributed by atoms with Crippen LogP contribution in [0.1, 0.15) is 25.7 Å². The van der Waals surface area contributed by atoms with E-state index >= 15 is 0 Å². The summed E-state index contributed by atoms with van der Waals surface area (Å²) >= 11 is 0. The highest BCUT2D eigenvalue weighted by Gasteiger charge is 2.38. The first kappa shape index (κ1) is 18.4. The van der Waals surface area contributed by atoms with E-state index < -0.39 is 0 Å². The fourth-order valence-electron chi connectivity index (χ4n) is 4.60. The lowest BCUT2D eigenvalue weighted by molar-refractivity contribution is -0.134. The second-order valence-electron chi connectivity index (χ2n) is 7.94. The van der Waals surface area contributed by atoms with Crippen LogP contribution < -0.4 is 10.2 Å². The predicted molar refractivity (Wildman–Crippen MR) is 106 cm³/mol. The third kappa shape index (κ3) is 4.17. The van der Waals surface area contributed by atoms with Gasteiger partial charge in [-0.3, -0.25) is 14.5 Å². The molecule has 0 radical (unpaired) electrons. The van der Waals surface area contributed by atoms with Gasteiger partial charge in [-0.05, 0) is 50.4 Å². The number of carbonyl (C=O) groups excluding carboxylic acids is 2. The van der Waals surface area contributed by atoms with E-state index in [-0.39, 0.29) is 17.9 Å². The van der Waals surface area contributed by atoms with Gasteiger partial charge in [0.05, 0.1) is 6.04 Å². The zero-order chi connectivity index (χ0) is 18.6. The van der Waals surface area contributed by atoms with Crippen molar-refractivity contribution in [3.8, 4) is 0 Å². The van der Waals surface area contributed by atoms with Crippen LogP contribution in [0.2, 0.25) is 0 Å². The molecule has 6 nitrogen and oxygen atoms in total. The summed E-state index contributed by atoms with van der Waals surface area (Å²) in [5, 5.41) is 3.36. The van der Waals surface area contributed by atoms with Crippen LogP contribution in [0.15, 0.2) is 30.3 Å². The van der Waals surface area contributed by atoms with Crippen LogP contribution in [0.25, 0.3) is 0 Å². The number of hydrogen-bond donors (Lipinski definition) is 1. The zero-order valence-corrected chi connectivity index (χ0v) is 16.0. The number of nitrogens with one attached hydrogen (secondary N) is 1. The van der Waals surface area contributed by atoms with Gasteiger partial charge < -0.3 is 15.1 Å². The lowest BCUT2D eigenvalue weighted by Crippen LogP contribution is -2.53. The molecule has 2 unspecified atom stereocenters. The number of hydrogen-bond acceptors (Lipinski definition) is 4. The molecule has 146 valence electrons. The van der Waals surface area contributed by atoms with Gasteiger partial charge in [-0.15, -0.1) is 0 Å². The first-order valence-electron chi connectivity index (χ1n) is 10.3. The van der Waals surface area contributed by atoms with Crippen molar-refractivity contribution in [3.63, 3.8) is 0 Å². The van der Waals surface area contributed by atoms with Gasteiger partial charge in [-0.2, -0.15) is 0 Å². The average molecular weight is 370 g/mol. The van der Waals surface area contributed by atoms with Crippen LogP contribution in [0.4, 0.5) is 5.69 Å². The van der Waals surface area contributed by atoms with Crippen molar-refractivity contribution in [1.29, 1.82) is 0 Å². The Hall–Kier alpha value is -1.92. The Balaban J connectivity index is 1.25. The largest absolute Gasteiger partial charge is 0.340 e. The molecule has 27 heavy (non-hydrogen) atoms. The summed E-state index contributed by atoms with van der Waals surface area (Å²) in [6.07, 6.45) is 3.73. The molecule has 3 saturated heterocycles. The number of benzene rings is 1. The van der Waals surface area contributed by atoms with Crippen molar-refractivity contribution in [1.82, 2.24) is 15.1 Å². The zero-order valence-electron chi connectivity index (χ0n) is 16.0. The first-order chi connectivity index (χ1) is 13.2. The minimum Gasteiger partial charge on any atom is -0.340 e. The van der Waals surface area contributed by atoms with Crippen molar-refractivity contribution >= 4 is 17.5 Å². The molecule has 0 aromatic heterocycles. The highest BCUT2D eigenvalue weighted by atomic mass is 16.2. The lowest BCUT2D eigenvalue weighted by atomic mass is 10.0. The van der Waals surface area contributed by atoms with Crippen molar-refractivity contribution in [2.45, 2.75) is 31.7 Å². The van der Waals surface area contributed by atoms with Crippen molar-refractivity contribution < 1.29 is 9.59 Å². The SMILES string of the molecule is O=C(CCC1CCNC1)N1CCN(C2CCN(c3ccccc3)C2=O)CC1. The molecule has 3 heterocycles. The van der Waals surface area contributed by atoms with Gasteiger partial charge in [0.15, 0.2) is 0 Å². The smallest absolute Gasteiger partial charge is 0.244 e. The Labute approximate surface area is 161 Å². The molecule has 4 rings (SSSR count). The Bertz CT molecular complexity index is 651. The van der Waals surface area contributed by atoms with E-state index in [1.807, 2.05) is 40.1 Å². The van der Waals surface area contributed by atoms with E-state index in [2.05, 4.69) is 10.2 Å². The van der Waals surface area contributed by atoms with E-state index in [0.29, 0.717) is 12.3 Å². The lowest BCUT2D eigenvalue weighted by Gasteiger charge is -2.37. The third-order valence-electron chi connectivity index (χ3n) is 6.28. The Morgan fingerprint density at radius 1 is 1.04 bits per heavy atom. The first-order valence-corrected chi connectivity index (χ1v) is 10.3. The summed E-state index contributed by atoms with van der Waals surface area (Å²) in [5.74, 6) is 1.15. The van der Waals surface area contributed by atoms with Gasteiger partial charge in [0.2, 0.25) is 11.8 Å². The van der Waals surface area contributed by atoms with Crippen molar-refractivity contribution in [3.05, 3.63) is 30.3 Å². The molecule has 0 aliphatic carbocycles. The summed E-state index contributed by atoms with van der Waals surface area (Å²) < 4.78 is 0. The highest BCUT2D eigenvalue weighted by Crippen LogP contribution is 2.25. The summed E-state index contributed by atoms with van der Waals surface area (Å²) in [6.45, 7) is 6.02. The maximum absolute atomic E-state index is 12.9. The minimum atomic E-state index is -0.0352. The van der Waals surface area contributed by atoms with Gasteiger partial charge in [0.1, 0.15) is 0 Å². The van der Waals surface area contributed by atoms with Gasteiger partial charge >= 0.3 is 0 Å². The molecule has 1 aromatic rings. The van der Waals surface area contributed by atoms with Crippen LogP contribution in [0, 0.1) is 5.92 Å². The van der Waals surface area contributed by atoms with Crippen LogP contribution >= 0.6 is 0 Å². The molecule has 0 saturated carbocycles. The van der Waals surface area contributed by atoms with E-state index in [0.717, 1.165) is 64.3 Å². The average Bonchev–Trinajstić information content (AvgIpc) is 3.37. The Kier molecular flexibility index (Phi) is 5.74. The number of nitrogens with zero attached hydrogens (tertiary/aromatic N) is 3. The number of piperazine rings is 1. The van der Waals surface area contributed by atoms with Crippen LogP contribution in [-0.4, -0.2) is 73.5 Å². The Morgan fingerprint density at radius 2 is 1.81 bits per heavy atom. The van der Waals surface area contributed by atoms with Crippen molar-refractivity contribution in [2.75, 3.05) is 50.7 Å². The number of para-hydroxylation sites is 1. The second-order valence-corrected chi connectivity index (χ2v) is 7.94. The Morgan fingerprint density at radius 3 is 2.52 bits per heavy atom. The van der Waals surface area contributed by atoms with E-state index in [4.69, 9.17) is 0 Å². The maximum atomic E-state index is 12.9. The fraction of sp³-hybridized carbons (Fsp3) is 0.619. The van der Waals surface area contributed by atoms with Gasteiger partial charge in [0.25, 0.3) is 0 Å². The van der Waals surface area contributed by atoms with Crippen LogP contribution in [0.3, 0.4) is 0 Å². The van der Waals surface area contributed by atoms with E-state index in [1.54, 1.807) is 0 Å². The maximum Gasteiger partial charge on any atom is 0.244 e. The molecule has 0 spiro atoms. The minimum absolute atomic E-state index is 0.0352. The highest BCUT2D eigenvalue weighted by molar-refractivity contribution is 5.99.